The number of anilines is 1. The minimum absolute atomic E-state index is 0.0450. The van der Waals surface area contributed by atoms with E-state index in [2.05, 4.69) is 24.1 Å². The van der Waals surface area contributed by atoms with Gasteiger partial charge in [0.25, 0.3) is 0 Å². The van der Waals surface area contributed by atoms with Crippen LogP contribution in [-0.2, 0) is 11.3 Å². The molecule has 1 heterocycles. The van der Waals surface area contributed by atoms with E-state index in [1.165, 1.54) is 12.8 Å². The molecule has 0 unspecified atom stereocenters. The first-order valence-electron chi connectivity index (χ1n) is 7.30. The van der Waals surface area contributed by atoms with Crippen molar-refractivity contribution in [3.8, 4) is 0 Å². The van der Waals surface area contributed by atoms with Crippen LogP contribution in [0.3, 0.4) is 0 Å². The summed E-state index contributed by atoms with van der Waals surface area (Å²) in [5, 5.41) is 2.98. The van der Waals surface area contributed by atoms with Crippen LogP contribution in [0.25, 0.3) is 0 Å². The molecule has 20 heavy (non-hydrogen) atoms. The fraction of sp³-hybridized carbons (Fsp3) is 0.562. The minimum atomic E-state index is 0.0450. The number of piperidine rings is 1. The molecule has 0 aliphatic carbocycles. The number of nitrogens with zero attached hydrogens (tertiary/aromatic N) is 1. The molecule has 0 radical (unpaired) electrons. The van der Waals surface area contributed by atoms with Gasteiger partial charge in [-0.1, -0.05) is 32.0 Å². The van der Waals surface area contributed by atoms with Crippen molar-refractivity contribution in [2.45, 2.75) is 33.2 Å². The summed E-state index contributed by atoms with van der Waals surface area (Å²) in [6, 6.07) is 7.70. The van der Waals surface area contributed by atoms with Crippen molar-refractivity contribution in [3.05, 3.63) is 29.8 Å². The van der Waals surface area contributed by atoms with E-state index in [-0.39, 0.29) is 5.91 Å². The Hall–Kier alpha value is -1.39. The molecule has 0 spiro atoms. The number of carbonyl (C=O) groups is 1. The normalized spacial score (nSPS) is 18.8. The second kappa shape index (κ2) is 6.37. The van der Waals surface area contributed by atoms with Crippen LogP contribution in [0, 0.1) is 5.41 Å². The van der Waals surface area contributed by atoms with Crippen LogP contribution in [0.15, 0.2) is 24.3 Å². The quantitative estimate of drug-likeness (QED) is 0.885. The van der Waals surface area contributed by atoms with Gasteiger partial charge in [-0.05, 0) is 36.4 Å². The smallest absolute Gasteiger partial charge is 0.238 e. The number of nitrogens with two attached hydrogens (primary N) is 1. The maximum Gasteiger partial charge on any atom is 0.238 e. The van der Waals surface area contributed by atoms with Gasteiger partial charge in [-0.25, -0.2) is 0 Å². The molecule has 0 aromatic heterocycles. The van der Waals surface area contributed by atoms with Gasteiger partial charge in [0.2, 0.25) is 5.91 Å². The summed E-state index contributed by atoms with van der Waals surface area (Å²) in [6.45, 7) is 7.42. The van der Waals surface area contributed by atoms with Crippen molar-refractivity contribution in [2.24, 2.45) is 11.1 Å². The average Bonchev–Trinajstić information content (AvgIpc) is 2.38. The van der Waals surface area contributed by atoms with Crippen molar-refractivity contribution < 1.29 is 4.79 Å². The van der Waals surface area contributed by atoms with Gasteiger partial charge >= 0.3 is 0 Å². The van der Waals surface area contributed by atoms with Crippen LogP contribution in [0.5, 0.6) is 0 Å². The first kappa shape index (κ1) is 15.0. The Morgan fingerprint density at radius 2 is 2.15 bits per heavy atom. The lowest BCUT2D eigenvalue weighted by atomic mass is 9.84. The van der Waals surface area contributed by atoms with E-state index in [0.29, 0.717) is 18.5 Å². The molecule has 4 heteroatoms. The zero-order valence-corrected chi connectivity index (χ0v) is 12.5. The molecular formula is C16H25N3O. The Kier molecular flexibility index (Phi) is 4.78. The number of benzene rings is 1. The average molecular weight is 275 g/mol. The molecular weight excluding hydrogens is 250 g/mol. The maximum atomic E-state index is 12.2. The Morgan fingerprint density at radius 1 is 1.40 bits per heavy atom. The van der Waals surface area contributed by atoms with Gasteiger partial charge in [-0.2, -0.15) is 0 Å². The third-order valence-electron chi connectivity index (χ3n) is 3.86. The number of amides is 1. The van der Waals surface area contributed by atoms with Gasteiger partial charge in [-0.15, -0.1) is 0 Å². The van der Waals surface area contributed by atoms with E-state index in [9.17, 15) is 4.79 Å². The molecule has 1 aliphatic rings. The third kappa shape index (κ3) is 4.05. The van der Waals surface area contributed by atoms with E-state index >= 15 is 0 Å². The Balaban J connectivity index is 1.92. The van der Waals surface area contributed by atoms with Crippen molar-refractivity contribution in [2.75, 3.05) is 25.0 Å². The molecule has 2 rings (SSSR count). The Bertz CT molecular complexity index is 471. The van der Waals surface area contributed by atoms with Gasteiger partial charge in [-0.3, -0.25) is 9.69 Å². The lowest BCUT2D eigenvalue weighted by Crippen LogP contribution is -2.43. The predicted octanol–water partition coefficient (Wildman–Crippen LogP) is 2.21. The number of carbonyl (C=O) groups excluding carboxylic acids is 1. The number of likely N-dealkylation sites (tertiary alicyclic amines) is 1. The summed E-state index contributed by atoms with van der Waals surface area (Å²) in [5.41, 5.74) is 7.80. The van der Waals surface area contributed by atoms with Crippen LogP contribution in [0.2, 0.25) is 0 Å². The minimum Gasteiger partial charge on any atom is -0.326 e. The lowest BCUT2D eigenvalue weighted by molar-refractivity contribution is -0.118. The van der Waals surface area contributed by atoms with Gasteiger partial charge in [0.05, 0.1) is 6.54 Å². The number of hydrogen-bond acceptors (Lipinski definition) is 3. The van der Waals surface area contributed by atoms with Crippen LogP contribution in [-0.4, -0.2) is 30.4 Å². The monoisotopic (exact) mass is 275 g/mol. The van der Waals surface area contributed by atoms with Crippen LogP contribution in [0.1, 0.15) is 32.3 Å². The zero-order valence-electron chi connectivity index (χ0n) is 12.5. The van der Waals surface area contributed by atoms with Crippen LogP contribution >= 0.6 is 0 Å². The summed E-state index contributed by atoms with van der Waals surface area (Å²) in [6.07, 6.45) is 2.40. The highest BCUT2D eigenvalue weighted by Gasteiger charge is 2.27. The Morgan fingerprint density at radius 3 is 2.85 bits per heavy atom. The fourth-order valence-electron chi connectivity index (χ4n) is 2.89. The number of hydrogen-bond donors (Lipinski definition) is 2. The highest BCUT2D eigenvalue weighted by molar-refractivity contribution is 5.93. The molecule has 1 aliphatic heterocycles. The molecule has 1 fully saturated rings. The van der Waals surface area contributed by atoms with Gasteiger partial charge in [0.15, 0.2) is 0 Å². The van der Waals surface area contributed by atoms with Gasteiger partial charge in [0, 0.05) is 18.8 Å². The van der Waals surface area contributed by atoms with Crippen molar-refractivity contribution in [3.63, 3.8) is 0 Å². The second-order valence-electron chi connectivity index (χ2n) is 6.39. The van der Waals surface area contributed by atoms with E-state index < -0.39 is 0 Å². The number of para-hydroxylation sites is 1. The van der Waals surface area contributed by atoms with E-state index in [0.717, 1.165) is 24.3 Å². The van der Waals surface area contributed by atoms with Crippen molar-refractivity contribution >= 4 is 11.6 Å². The van der Waals surface area contributed by atoms with Crippen LogP contribution < -0.4 is 11.1 Å². The van der Waals surface area contributed by atoms with Crippen molar-refractivity contribution in [1.82, 2.24) is 4.90 Å². The van der Waals surface area contributed by atoms with Crippen molar-refractivity contribution in [1.29, 1.82) is 0 Å². The SMILES string of the molecule is CC1(C)CCCN(CC(=O)Nc2ccccc2CN)C1. The standard InChI is InChI=1S/C16H25N3O/c1-16(2)8-5-9-19(12-16)11-15(20)18-14-7-4-3-6-13(14)10-17/h3-4,6-7H,5,8-12,17H2,1-2H3,(H,18,20). The van der Waals surface area contributed by atoms with Gasteiger partial charge < -0.3 is 11.1 Å². The largest absolute Gasteiger partial charge is 0.326 e. The van der Waals surface area contributed by atoms with Crippen LogP contribution in [0.4, 0.5) is 5.69 Å². The van der Waals surface area contributed by atoms with E-state index in [1.807, 2.05) is 24.3 Å². The Labute approximate surface area is 121 Å². The molecule has 0 saturated carbocycles. The van der Waals surface area contributed by atoms with E-state index in [4.69, 9.17) is 5.73 Å². The summed E-state index contributed by atoms with van der Waals surface area (Å²) >= 11 is 0. The highest BCUT2D eigenvalue weighted by Crippen LogP contribution is 2.28. The fourth-order valence-corrected chi connectivity index (χ4v) is 2.89. The molecule has 0 atom stereocenters. The first-order chi connectivity index (χ1) is 9.50. The molecule has 3 N–H and O–H groups in total. The van der Waals surface area contributed by atoms with E-state index in [1.54, 1.807) is 0 Å². The first-order valence-corrected chi connectivity index (χ1v) is 7.30. The summed E-state index contributed by atoms with van der Waals surface area (Å²) < 4.78 is 0. The zero-order chi connectivity index (χ0) is 14.6. The number of nitrogens with one attached hydrogen (secondary N) is 1. The summed E-state index contributed by atoms with van der Waals surface area (Å²) in [7, 11) is 0. The second-order valence-corrected chi connectivity index (χ2v) is 6.39. The molecule has 1 saturated heterocycles. The predicted molar refractivity (Wildman–Crippen MR) is 82.4 cm³/mol. The molecule has 4 nitrogen and oxygen atoms in total. The number of rotatable bonds is 4. The topological polar surface area (TPSA) is 58.4 Å². The molecule has 1 aromatic carbocycles. The summed E-state index contributed by atoms with van der Waals surface area (Å²) in [4.78, 5) is 14.4. The highest BCUT2D eigenvalue weighted by atomic mass is 16.2. The lowest BCUT2D eigenvalue weighted by Gasteiger charge is -2.37. The third-order valence-corrected chi connectivity index (χ3v) is 3.86. The molecule has 0 bridgehead atoms. The van der Waals surface area contributed by atoms with Gasteiger partial charge in [0.1, 0.15) is 0 Å². The molecule has 1 aromatic rings. The molecule has 1 amide bonds. The summed E-state index contributed by atoms with van der Waals surface area (Å²) in [5.74, 6) is 0.0450. The molecule has 110 valence electrons. The maximum absolute atomic E-state index is 12.2.